The smallest absolute Gasteiger partial charge is 0.283 e. The molecule has 0 saturated carbocycles. The van der Waals surface area contributed by atoms with Crippen LogP contribution in [0.1, 0.15) is 23.4 Å². The average molecular weight is 472 g/mol. The quantitative estimate of drug-likeness (QED) is 0.427. The van der Waals surface area contributed by atoms with E-state index in [2.05, 4.69) is 20.2 Å². The van der Waals surface area contributed by atoms with Gasteiger partial charge in [-0.2, -0.15) is 20.0 Å². The first-order valence-corrected chi connectivity index (χ1v) is 10.9. The minimum atomic E-state index is -2.93. The molecule has 35 heavy (non-hydrogen) atoms. The molecule has 1 aliphatic rings. The number of β-amino-alcohol motifs (C(OH)–C–C–N with tert-alkyl or cyclic N) is 1. The highest BCUT2D eigenvalue weighted by atomic mass is 19.3. The van der Waals surface area contributed by atoms with Crippen molar-refractivity contribution in [2.75, 3.05) is 18.0 Å². The van der Waals surface area contributed by atoms with Crippen LogP contribution in [0.15, 0.2) is 49.1 Å². The van der Waals surface area contributed by atoms with Gasteiger partial charge in [-0.3, -0.25) is 4.98 Å². The lowest BCUT2D eigenvalue weighted by atomic mass is 9.98. The van der Waals surface area contributed by atoms with Crippen molar-refractivity contribution in [1.29, 1.82) is 5.26 Å². The summed E-state index contributed by atoms with van der Waals surface area (Å²) in [5.41, 5.74) is 2.00. The summed E-state index contributed by atoms with van der Waals surface area (Å²) in [5, 5.41) is 29.7. The second-order valence-electron chi connectivity index (χ2n) is 8.41. The largest absolute Gasteiger partial charge is 0.389 e. The topological polar surface area (TPSA) is 108 Å². The van der Waals surface area contributed by atoms with Crippen LogP contribution in [0.3, 0.4) is 0 Å². The van der Waals surface area contributed by atoms with E-state index in [1.54, 1.807) is 30.2 Å². The number of nitriles is 1. The molecule has 1 fully saturated rings. The van der Waals surface area contributed by atoms with Gasteiger partial charge in [0.1, 0.15) is 23.1 Å². The molecule has 6 rings (SSSR count). The molecular weight excluding hydrogens is 454 g/mol. The van der Waals surface area contributed by atoms with E-state index in [1.165, 1.54) is 4.52 Å². The zero-order chi connectivity index (χ0) is 24.3. The molecule has 0 radical (unpaired) electrons. The van der Waals surface area contributed by atoms with E-state index in [1.807, 2.05) is 41.4 Å². The minimum absolute atomic E-state index is 0.0644. The third-order valence-corrected chi connectivity index (χ3v) is 6.21. The first kappa shape index (κ1) is 21.1. The van der Waals surface area contributed by atoms with Gasteiger partial charge in [-0.1, -0.05) is 6.07 Å². The van der Waals surface area contributed by atoms with Crippen LogP contribution >= 0.6 is 0 Å². The fourth-order valence-corrected chi connectivity index (χ4v) is 4.58. The fraction of sp³-hybridized carbons (Fsp3) is 0.208. The van der Waals surface area contributed by atoms with Crippen LogP contribution in [-0.4, -0.2) is 53.7 Å². The molecule has 0 atom stereocenters. The molecule has 11 heteroatoms. The number of fused-ring (bicyclic) bond motifs is 2. The lowest BCUT2D eigenvalue weighted by Crippen LogP contribution is -2.51. The van der Waals surface area contributed by atoms with Gasteiger partial charge in [-0.25, -0.2) is 18.4 Å². The molecule has 4 aromatic heterocycles. The highest BCUT2D eigenvalue weighted by molar-refractivity contribution is 6.00. The minimum Gasteiger partial charge on any atom is -0.389 e. The van der Waals surface area contributed by atoms with Crippen molar-refractivity contribution >= 4 is 22.2 Å². The normalized spacial score (nSPS) is 14.1. The molecule has 1 aromatic carbocycles. The molecular formula is C24H18F2N8O. The summed E-state index contributed by atoms with van der Waals surface area (Å²) < 4.78 is 30.5. The highest BCUT2D eigenvalue weighted by Gasteiger charge is 2.33. The maximum absolute atomic E-state index is 13.7. The number of halogens is 2. The number of aryl methyl sites for hydroxylation is 1. The Morgan fingerprint density at radius 1 is 1.23 bits per heavy atom. The van der Waals surface area contributed by atoms with Crippen LogP contribution in [0.2, 0.25) is 0 Å². The summed E-state index contributed by atoms with van der Waals surface area (Å²) in [6.07, 6.45) is 3.52. The van der Waals surface area contributed by atoms with Gasteiger partial charge in [0.05, 0.1) is 17.5 Å². The van der Waals surface area contributed by atoms with Crippen molar-refractivity contribution < 1.29 is 13.9 Å². The molecule has 0 amide bonds. The maximum Gasteiger partial charge on any atom is 0.283 e. The molecule has 0 bridgehead atoms. The summed E-state index contributed by atoms with van der Waals surface area (Å²) in [5.74, 6) is 0.492. The SMILES string of the molecule is Cc1nc2c(C#N)c(C(F)F)nn2c(N2CC(O)C2)c1-c1cncc2cc(-n3cccn3)ccc12. The van der Waals surface area contributed by atoms with Crippen LogP contribution < -0.4 is 4.90 Å². The third kappa shape index (κ3) is 3.22. The van der Waals surface area contributed by atoms with E-state index < -0.39 is 18.2 Å². The Balaban J connectivity index is 1.64. The maximum atomic E-state index is 13.7. The Labute approximate surface area is 197 Å². The van der Waals surface area contributed by atoms with Gasteiger partial charge in [0.25, 0.3) is 6.43 Å². The van der Waals surface area contributed by atoms with E-state index in [-0.39, 0.29) is 11.2 Å². The van der Waals surface area contributed by atoms with Crippen molar-refractivity contribution in [3.05, 3.63) is 66.0 Å². The zero-order valence-electron chi connectivity index (χ0n) is 18.5. The number of alkyl halides is 2. The van der Waals surface area contributed by atoms with Gasteiger partial charge in [-0.15, -0.1) is 0 Å². The number of aromatic nitrogens is 6. The van der Waals surface area contributed by atoms with E-state index >= 15 is 0 Å². The summed E-state index contributed by atoms with van der Waals surface area (Å²) in [7, 11) is 0. The number of hydrogen-bond donors (Lipinski definition) is 1. The van der Waals surface area contributed by atoms with Gasteiger partial charge in [-0.05, 0) is 30.5 Å². The molecule has 1 N–H and O–H groups in total. The molecule has 5 heterocycles. The van der Waals surface area contributed by atoms with Gasteiger partial charge in [0, 0.05) is 54.4 Å². The Bertz CT molecular complexity index is 1630. The number of anilines is 1. The zero-order valence-corrected chi connectivity index (χ0v) is 18.5. The molecule has 0 spiro atoms. The second-order valence-corrected chi connectivity index (χ2v) is 8.41. The van der Waals surface area contributed by atoms with Crippen molar-refractivity contribution in [3.63, 3.8) is 0 Å². The Morgan fingerprint density at radius 3 is 2.74 bits per heavy atom. The summed E-state index contributed by atoms with van der Waals surface area (Å²) in [6.45, 7) is 2.38. The number of aliphatic hydroxyl groups is 1. The summed E-state index contributed by atoms with van der Waals surface area (Å²) in [4.78, 5) is 10.8. The Kier molecular flexibility index (Phi) is 4.72. The van der Waals surface area contributed by atoms with E-state index in [0.29, 0.717) is 30.2 Å². The number of benzene rings is 1. The number of pyridine rings is 1. The van der Waals surface area contributed by atoms with Gasteiger partial charge >= 0.3 is 0 Å². The van der Waals surface area contributed by atoms with Crippen LogP contribution in [0.5, 0.6) is 0 Å². The Hall–Kier alpha value is -4.43. The second kappa shape index (κ2) is 7.82. The van der Waals surface area contributed by atoms with Crippen molar-refractivity contribution in [2.24, 2.45) is 0 Å². The highest BCUT2D eigenvalue weighted by Crippen LogP contribution is 2.40. The number of nitrogens with zero attached hydrogens (tertiary/aromatic N) is 8. The predicted octanol–water partition coefficient (Wildman–Crippen LogP) is 3.43. The van der Waals surface area contributed by atoms with E-state index in [4.69, 9.17) is 0 Å². The lowest BCUT2D eigenvalue weighted by molar-refractivity contribution is 0.140. The molecule has 174 valence electrons. The van der Waals surface area contributed by atoms with Crippen LogP contribution in [-0.2, 0) is 0 Å². The van der Waals surface area contributed by atoms with Crippen LogP contribution in [0.4, 0.5) is 14.6 Å². The Morgan fingerprint density at radius 2 is 2.06 bits per heavy atom. The predicted molar refractivity (Wildman–Crippen MR) is 123 cm³/mol. The van der Waals surface area contributed by atoms with Gasteiger partial charge < -0.3 is 10.0 Å². The standard InChI is InChI=1S/C24H18F2N8O/c1-13-20(19-10-28-9-14-7-15(3-4-17(14)19)33-6-2-5-29-33)24(32-11-16(35)12-32)34-23(30-13)18(8-27)21(31-34)22(25)26/h2-7,9-10,16,22,35H,11-12H2,1H3. The molecule has 0 aliphatic carbocycles. The van der Waals surface area contributed by atoms with Crippen LogP contribution in [0, 0.1) is 18.3 Å². The van der Waals surface area contributed by atoms with Gasteiger partial charge in [0.15, 0.2) is 5.65 Å². The molecule has 1 aliphatic heterocycles. The van der Waals surface area contributed by atoms with Crippen molar-refractivity contribution in [1.82, 2.24) is 29.4 Å². The lowest BCUT2D eigenvalue weighted by Gasteiger charge is -2.39. The third-order valence-electron chi connectivity index (χ3n) is 6.21. The number of aliphatic hydroxyl groups excluding tert-OH is 1. The van der Waals surface area contributed by atoms with Crippen molar-refractivity contribution in [3.8, 4) is 22.9 Å². The van der Waals surface area contributed by atoms with E-state index in [0.717, 1.165) is 22.0 Å². The fourth-order valence-electron chi connectivity index (χ4n) is 4.58. The number of rotatable bonds is 4. The monoisotopic (exact) mass is 472 g/mol. The van der Waals surface area contributed by atoms with E-state index in [9.17, 15) is 19.1 Å². The summed E-state index contributed by atoms with van der Waals surface area (Å²) >= 11 is 0. The number of hydrogen-bond acceptors (Lipinski definition) is 7. The summed E-state index contributed by atoms with van der Waals surface area (Å²) in [6, 6.07) is 9.52. The first-order valence-electron chi connectivity index (χ1n) is 10.9. The molecule has 1 saturated heterocycles. The van der Waals surface area contributed by atoms with Gasteiger partial charge in [0.2, 0.25) is 0 Å². The first-order chi connectivity index (χ1) is 17.0. The molecule has 5 aromatic rings. The van der Waals surface area contributed by atoms with Crippen LogP contribution in [0.25, 0.3) is 33.2 Å². The molecule has 9 nitrogen and oxygen atoms in total. The molecule has 0 unspecified atom stereocenters. The average Bonchev–Trinajstić information content (AvgIpc) is 3.49. The van der Waals surface area contributed by atoms with Crippen molar-refractivity contribution in [2.45, 2.75) is 19.5 Å².